The highest BCUT2D eigenvalue weighted by atomic mass is 32.2. The minimum Gasteiger partial charge on any atom is -0.487 e. The highest BCUT2D eigenvalue weighted by Crippen LogP contribution is 2.41. The van der Waals surface area contributed by atoms with Gasteiger partial charge in [-0.05, 0) is 45.9 Å². The summed E-state index contributed by atoms with van der Waals surface area (Å²) in [5.74, 6) is 0.647. The molecular formula is C16H22N4O3S. The Labute approximate surface area is 141 Å². The molecule has 0 radical (unpaired) electrons. The molecule has 0 bridgehead atoms. The van der Waals surface area contributed by atoms with Crippen LogP contribution in [0.5, 0.6) is 5.75 Å². The van der Waals surface area contributed by atoms with Crippen molar-refractivity contribution in [1.82, 2.24) is 14.9 Å². The number of aromatic nitrogens is 2. The number of sulfonamides is 1. The van der Waals surface area contributed by atoms with Gasteiger partial charge < -0.3 is 10.5 Å². The van der Waals surface area contributed by atoms with E-state index in [9.17, 15) is 8.42 Å². The van der Waals surface area contributed by atoms with Crippen LogP contribution in [0.1, 0.15) is 43.3 Å². The van der Waals surface area contributed by atoms with Crippen LogP contribution in [-0.2, 0) is 10.0 Å². The van der Waals surface area contributed by atoms with Crippen LogP contribution >= 0.6 is 0 Å². The molecule has 0 amide bonds. The Balaban J connectivity index is 2.02. The molecule has 1 aromatic heterocycles. The van der Waals surface area contributed by atoms with Crippen molar-refractivity contribution in [1.29, 1.82) is 0 Å². The first-order chi connectivity index (χ1) is 11.1. The van der Waals surface area contributed by atoms with Gasteiger partial charge in [0.05, 0.1) is 17.4 Å². The van der Waals surface area contributed by atoms with Crippen molar-refractivity contribution in [3.63, 3.8) is 0 Å². The Bertz CT molecular complexity index is 867. The molecule has 8 heteroatoms. The van der Waals surface area contributed by atoms with Gasteiger partial charge in [0.15, 0.2) is 0 Å². The van der Waals surface area contributed by atoms with E-state index in [0.29, 0.717) is 29.2 Å². The second-order valence-electron chi connectivity index (χ2n) is 6.80. The molecule has 2 heterocycles. The summed E-state index contributed by atoms with van der Waals surface area (Å²) >= 11 is 0. The summed E-state index contributed by atoms with van der Waals surface area (Å²) in [6.45, 7) is 7.22. The Kier molecular flexibility index (Phi) is 3.84. The molecule has 7 nitrogen and oxygen atoms in total. The monoisotopic (exact) mass is 350 g/mol. The zero-order valence-corrected chi connectivity index (χ0v) is 15.0. The van der Waals surface area contributed by atoms with Crippen molar-refractivity contribution < 1.29 is 13.2 Å². The van der Waals surface area contributed by atoms with E-state index in [2.05, 4.69) is 14.9 Å². The lowest BCUT2D eigenvalue weighted by Crippen LogP contribution is -2.41. The first kappa shape index (κ1) is 16.8. The number of nitrogens with two attached hydrogens (primary N) is 1. The van der Waals surface area contributed by atoms with E-state index >= 15 is 0 Å². The maximum Gasteiger partial charge on any atom is 0.244 e. The fraction of sp³-hybridized carbons (Fsp3) is 0.438. The number of ether oxygens (including phenoxy) is 1. The molecule has 1 aliphatic heterocycles. The number of aryl methyl sites for hydroxylation is 2. The molecule has 4 N–H and O–H groups in total. The Hall–Kier alpha value is -2.06. The molecule has 0 saturated carbocycles. The SMILES string of the molecule is Cc1n[nH]c(C)c1S(=O)(=O)NC1CC(C)(C)Oc2ccc(N)cc21. The Morgan fingerprint density at radius 3 is 2.71 bits per heavy atom. The summed E-state index contributed by atoms with van der Waals surface area (Å²) in [5, 5.41) is 6.68. The number of hydrogen-bond donors (Lipinski definition) is 3. The van der Waals surface area contributed by atoms with Crippen LogP contribution in [0.25, 0.3) is 0 Å². The molecule has 0 saturated heterocycles. The lowest BCUT2D eigenvalue weighted by Gasteiger charge is -2.37. The van der Waals surface area contributed by atoms with Gasteiger partial charge in [-0.25, -0.2) is 13.1 Å². The first-order valence-corrected chi connectivity index (χ1v) is 9.20. The predicted molar refractivity (Wildman–Crippen MR) is 91.3 cm³/mol. The van der Waals surface area contributed by atoms with Gasteiger partial charge in [-0.1, -0.05) is 0 Å². The number of anilines is 1. The molecule has 0 aliphatic carbocycles. The van der Waals surface area contributed by atoms with Gasteiger partial charge in [0.25, 0.3) is 0 Å². The zero-order valence-electron chi connectivity index (χ0n) is 14.2. The molecule has 2 aromatic rings. The van der Waals surface area contributed by atoms with Gasteiger partial charge in [0, 0.05) is 17.7 Å². The van der Waals surface area contributed by atoms with Crippen LogP contribution in [0.2, 0.25) is 0 Å². The summed E-state index contributed by atoms with van der Waals surface area (Å²) in [4.78, 5) is 0.192. The van der Waals surface area contributed by atoms with Crippen molar-refractivity contribution in [2.75, 3.05) is 5.73 Å². The predicted octanol–water partition coefficient (Wildman–Crippen LogP) is 2.19. The fourth-order valence-electron chi connectivity index (χ4n) is 3.16. The lowest BCUT2D eigenvalue weighted by molar-refractivity contribution is 0.0702. The number of nitrogen functional groups attached to an aromatic ring is 1. The standard InChI is InChI=1S/C16H22N4O3S/c1-9-15(10(2)19-18-9)24(21,22)20-13-8-16(3,4)23-14-6-5-11(17)7-12(13)14/h5-7,13,20H,8,17H2,1-4H3,(H,18,19). The Morgan fingerprint density at radius 2 is 2.08 bits per heavy atom. The third kappa shape index (κ3) is 2.99. The number of hydrogen-bond acceptors (Lipinski definition) is 5. The number of H-pyrrole nitrogens is 1. The third-order valence-corrected chi connectivity index (χ3v) is 5.85. The van der Waals surface area contributed by atoms with E-state index in [1.165, 1.54) is 0 Å². The van der Waals surface area contributed by atoms with E-state index < -0.39 is 21.7 Å². The normalized spacial score (nSPS) is 19.6. The van der Waals surface area contributed by atoms with Gasteiger partial charge in [-0.15, -0.1) is 0 Å². The summed E-state index contributed by atoms with van der Waals surface area (Å²) in [5.41, 5.74) is 7.65. The van der Waals surface area contributed by atoms with Crippen molar-refractivity contribution >= 4 is 15.7 Å². The highest BCUT2D eigenvalue weighted by molar-refractivity contribution is 7.89. The van der Waals surface area contributed by atoms with E-state index in [1.807, 2.05) is 13.8 Å². The summed E-state index contributed by atoms with van der Waals surface area (Å²) in [6.07, 6.45) is 0.499. The smallest absolute Gasteiger partial charge is 0.244 e. The van der Waals surface area contributed by atoms with Crippen LogP contribution in [-0.4, -0.2) is 24.2 Å². The topological polar surface area (TPSA) is 110 Å². The largest absolute Gasteiger partial charge is 0.487 e. The molecular weight excluding hydrogens is 328 g/mol. The number of aromatic amines is 1. The fourth-order valence-corrected chi connectivity index (χ4v) is 4.75. The second-order valence-corrected chi connectivity index (χ2v) is 8.45. The summed E-state index contributed by atoms with van der Waals surface area (Å²) in [7, 11) is -3.72. The van der Waals surface area contributed by atoms with E-state index in [-0.39, 0.29) is 4.90 Å². The maximum absolute atomic E-state index is 12.9. The molecule has 3 rings (SSSR count). The molecule has 1 aromatic carbocycles. The van der Waals surface area contributed by atoms with Gasteiger partial charge in [-0.2, -0.15) is 5.10 Å². The van der Waals surface area contributed by atoms with Gasteiger partial charge in [-0.3, -0.25) is 5.10 Å². The average molecular weight is 350 g/mol. The third-order valence-electron chi connectivity index (χ3n) is 4.12. The number of nitrogens with one attached hydrogen (secondary N) is 2. The lowest BCUT2D eigenvalue weighted by atomic mass is 9.90. The summed E-state index contributed by atoms with van der Waals surface area (Å²) in [6, 6.07) is 4.86. The van der Waals surface area contributed by atoms with Crippen LogP contribution in [0.4, 0.5) is 5.69 Å². The number of fused-ring (bicyclic) bond motifs is 1. The molecule has 130 valence electrons. The van der Waals surface area contributed by atoms with Crippen molar-refractivity contribution in [3.8, 4) is 5.75 Å². The molecule has 1 atom stereocenters. The minimum atomic E-state index is -3.72. The number of rotatable bonds is 3. The van der Waals surface area contributed by atoms with Crippen LogP contribution < -0.4 is 15.2 Å². The second kappa shape index (κ2) is 5.49. The molecule has 0 fully saturated rings. The molecule has 1 aliphatic rings. The maximum atomic E-state index is 12.9. The van der Waals surface area contributed by atoms with Crippen LogP contribution in [0, 0.1) is 13.8 Å². The van der Waals surface area contributed by atoms with Crippen LogP contribution in [0.15, 0.2) is 23.1 Å². The van der Waals surface area contributed by atoms with Crippen LogP contribution in [0.3, 0.4) is 0 Å². The summed E-state index contributed by atoms with van der Waals surface area (Å²) < 4.78 is 34.5. The average Bonchev–Trinajstić information content (AvgIpc) is 2.78. The zero-order chi connectivity index (χ0) is 17.7. The molecule has 1 unspecified atom stereocenters. The quantitative estimate of drug-likeness (QED) is 0.735. The van der Waals surface area contributed by atoms with Crippen molar-refractivity contribution in [3.05, 3.63) is 35.2 Å². The Morgan fingerprint density at radius 1 is 1.38 bits per heavy atom. The molecule has 0 spiro atoms. The van der Waals surface area contributed by atoms with Crippen molar-refractivity contribution in [2.45, 2.75) is 50.7 Å². The number of benzene rings is 1. The number of nitrogens with zero attached hydrogens (tertiary/aromatic N) is 1. The minimum absolute atomic E-state index is 0.192. The van der Waals surface area contributed by atoms with Gasteiger partial charge in [0.1, 0.15) is 16.2 Å². The van der Waals surface area contributed by atoms with Gasteiger partial charge >= 0.3 is 0 Å². The van der Waals surface area contributed by atoms with Gasteiger partial charge in [0.2, 0.25) is 10.0 Å². The highest BCUT2D eigenvalue weighted by Gasteiger charge is 2.37. The van der Waals surface area contributed by atoms with E-state index in [1.54, 1.807) is 32.0 Å². The van der Waals surface area contributed by atoms with E-state index in [4.69, 9.17) is 10.5 Å². The molecule has 24 heavy (non-hydrogen) atoms. The first-order valence-electron chi connectivity index (χ1n) is 7.71. The van der Waals surface area contributed by atoms with E-state index in [0.717, 1.165) is 5.56 Å². The van der Waals surface area contributed by atoms with Crippen molar-refractivity contribution in [2.24, 2.45) is 0 Å².